The lowest BCUT2D eigenvalue weighted by molar-refractivity contribution is 0.0835. The van der Waals surface area contributed by atoms with Crippen molar-refractivity contribution in [3.63, 3.8) is 0 Å². The molecule has 0 amide bonds. The Labute approximate surface area is 67.0 Å². The summed E-state index contributed by atoms with van der Waals surface area (Å²) >= 11 is 0. The van der Waals surface area contributed by atoms with Crippen LogP contribution in [-0.4, -0.2) is 25.2 Å². The normalized spacial score (nSPS) is 22.7. The predicted octanol–water partition coefficient (Wildman–Crippen LogP) is 0.265. The molecule has 1 aliphatic rings. The van der Waals surface area contributed by atoms with Crippen LogP contribution in [0.5, 0.6) is 0 Å². The summed E-state index contributed by atoms with van der Waals surface area (Å²) in [4.78, 5) is 9.23. The Hall–Kier alpha value is -0.770. The standard InChI is InChI=1S/C7H15N3O/c1-3-4-11-10-7-8-5-6(2)9-7/h6H,3-5H2,1-2H3,(H2,8,9,10). The van der Waals surface area contributed by atoms with Crippen LogP contribution in [0.1, 0.15) is 20.3 Å². The smallest absolute Gasteiger partial charge is 0.216 e. The Morgan fingerprint density at radius 2 is 2.64 bits per heavy atom. The third-order valence-electron chi connectivity index (χ3n) is 1.38. The fourth-order valence-corrected chi connectivity index (χ4v) is 0.836. The Kier molecular flexibility index (Phi) is 3.16. The van der Waals surface area contributed by atoms with Crippen molar-refractivity contribution in [2.75, 3.05) is 13.2 Å². The van der Waals surface area contributed by atoms with Gasteiger partial charge in [-0.3, -0.25) is 4.84 Å². The number of nitrogens with one attached hydrogen (secondary N) is 2. The summed E-state index contributed by atoms with van der Waals surface area (Å²) in [7, 11) is 0. The lowest BCUT2D eigenvalue weighted by atomic mass is 10.4. The number of hydrogen-bond acceptors (Lipinski definition) is 4. The van der Waals surface area contributed by atoms with Crippen molar-refractivity contribution in [2.24, 2.45) is 4.99 Å². The third-order valence-corrected chi connectivity index (χ3v) is 1.38. The largest absolute Gasteiger partial charge is 0.350 e. The Morgan fingerprint density at radius 1 is 1.82 bits per heavy atom. The first-order valence-electron chi connectivity index (χ1n) is 4.01. The van der Waals surface area contributed by atoms with Crippen molar-refractivity contribution >= 4 is 5.96 Å². The van der Waals surface area contributed by atoms with Crippen LogP contribution in [0.3, 0.4) is 0 Å². The fourth-order valence-electron chi connectivity index (χ4n) is 0.836. The van der Waals surface area contributed by atoms with Crippen LogP contribution in [0.2, 0.25) is 0 Å². The van der Waals surface area contributed by atoms with Gasteiger partial charge in [0.05, 0.1) is 13.2 Å². The van der Waals surface area contributed by atoms with E-state index < -0.39 is 0 Å². The Bertz CT molecular complexity index is 147. The topological polar surface area (TPSA) is 45.6 Å². The van der Waals surface area contributed by atoms with E-state index in [4.69, 9.17) is 4.84 Å². The van der Waals surface area contributed by atoms with Gasteiger partial charge in [-0.05, 0) is 13.3 Å². The summed E-state index contributed by atoms with van der Waals surface area (Å²) in [5.74, 6) is 0.756. The zero-order valence-electron chi connectivity index (χ0n) is 7.05. The minimum Gasteiger partial charge on any atom is -0.350 e. The minimum absolute atomic E-state index is 0.433. The summed E-state index contributed by atoms with van der Waals surface area (Å²) in [6.07, 6.45) is 1.01. The molecule has 0 aromatic carbocycles. The first-order chi connectivity index (χ1) is 5.33. The summed E-state index contributed by atoms with van der Waals surface area (Å²) in [6.45, 7) is 5.69. The van der Waals surface area contributed by atoms with E-state index in [-0.39, 0.29) is 0 Å². The van der Waals surface area contributed by atoms with Crippen LogP contribution in [0.4, 0.5) is 0 Å². The van der Waals surface area contributed by atoms with Crippen LogP contribution in [0.25, 0.3) is 0 Å². The van der Waals surface area contributed by atoms with Gasteiger partial charge in [-0.15, -0.1) is 0 Å². The molecule has 2 N–H and O–H groups in total. The maximum absolute atomic E-state index is 5.07. The van der Waals surface area contributed by atoms with Gasteiger partial charge in [0.15, 0.2) is 0 Å². The molecule has 0 bridgehead atoms. The molecule has 0 saturated carbocycles. The van der Waals surface area contributed by atoms with E-state index in [0.29, 0.717) is 6.04 Å². The zero-order valence-corrected chi connectivity index (χ0v) is 7.05. The van der Waals surface area contributed by atoms with Crippen molar-refractivity contribution in [3.8, 4) is 0 Å². The van der Waals surface area contributed by atoms with Crippen molar-refractivity contribution in [1.29, 1.82) is 0 Å². The van der Waals surface area contributed by atoms with Crippen LogP contribution in [0.15, 0.2) is 4.99 Å². The number of rotatable bonds is 3. The van der Waals surface area contributed by atoms with Gasteiger partial charge in [0.2, 0.25) is 5.96 Å². The van der Waals surface area contributed by atoms with Crippen molar-refractivity contribution in [3.05, 3.63) is 0 Å². The highest BCUT2D eigenvalue weighted by Gasteiger charge is 2.11. The highest BCUT2D eigenvalue weighted by Crippen LogP contribution is 1.91. The first-order valence-corrected chi connectivity index (χ1v) is 4.01. The molecule has 1 atom stereocenters. The fraction of sp³-hybridized carbons (Fsp3) is 0.857. The summed E-state index contributed by atoms with van der Waals surface area (Å²) < 4.78 is 0. The number of hydroxylamine groups is 1. The lowest BCUT2D eigenvalue weighted by Crippen LogP contribution is -2.37. The predicted molar refractivity (Wildman–Crippen MR) is 44.3 cm³/mol. The van der Waals surface area contributed by atoms with Crippen LogP contribution >= 0.6 is 0 Å². The molecular formula is C7H15N3O. The van der Waals surface area contributed by atoms with Crippen LogP contribution in [-0.2, 0) is 4.84 Å². The van der Waals surface area contributed by atoms with Gasteiger partial charge >= 0.3 is 0 Å². The van der Waals surface area contributed by atoms with E-state index in [0.717, 1.165) is 25.5 Å². The van der Waals surface area contributed by atoms with Crippen molar-refractivity contribution in [1.82, 2.24) is 10.8 Å². The summed E-state index contributed by atoms with van der Waals surface area (Å²) in [5.41, 5.74) is 2.75. The van der Waals surface area contributed by atoms with E-state index in [1.54, 1.807) is 0 Å². The molecule has 4 heteroatoms. The second-order valence-corrected chi connectivity index (χ2v) is 2.69. The highest BCUT2D eigenvalue weighted by atomic mass is 16.6. The van der Waals surface area contributed by atoms with Gasteiger partial charge in [-0.2, -0.15) is 0 Å². The van der Waals surface area contributed by atoms with Gasteiger partial charge in [-0.25, -0.2) is 10.5 Å². The van der Waals surface area contributed by atoms with Gasteiger partial charge in [0.25, 0.3) is 0 Å². The number of nitrogens with zero attached hydrogens (tertiary/aromatic N) is 1. The molecule has 0 radical (unpaired) electrons. The van der Waals surface area contributed by atoms with Crippen molar-refractivity contribution < 1.29 is 4.84 Å². The highest BCUT2D eigenvalue weighted by molar-refractivity contribution is 5.80. The van der Waals surface area contributed by atoms with E-state index in [2.05, 4.69) is 29.6 Å². The summed E-state index contributed by atoms with van der Waals surface area (Å²) in [6, 6.07) is 0.433. The lowest BCUT2D eigenvalue weighted by Gasteiger charge is -2.07. The molecule has 1 rings (SSSR count). The molecule has 0 aliphatic carbocycles. The zero-order chi connectivity index (χ0) is 8.10. The quantitative estimate of drug-likeness (QED) is 0.456. The molecule has 1 unspecified atom stereocenters. The molecule has 1 aliphatic heterocycles. The van der Waals surface area contributed by atoms with Gasteiger partial charge < -0.3 is 5.32 Å². The molecule has 11 heavy (non-hydrogen) atoms. The summed E-state index contributed by atoms with van der Waals surface area (Å²) in [5, 5.41) is 3.13. The van der Waals surface area contributed by atoms with E-state index in [9.17, 15) is 0 Å². The van der Waals surface area contributed by atoms with Crippen LogP contribution in [0, 0.1) is 0 Å². The molecule has 64 valence electrons. The number of guanidine groups is 1. The Balaban J connectivity index is 2.08. The average Bonchev–Trinajstić information content (AvgIpc) is 2.37. The first kappa shape index (κ1) is 8.33. The third kappa shape index (κ3) is 2.76. The molecular weight excluding hydrogens is 142 g/mol. The molecule has 1 heterocycles. The maximum atomic E-state index is 5.07. The number of aliphatic imine (C=N–C) groups is 1. The second kappa shape index (κ2) is 4.18. The molecule has 4 nitrogen and oxygen atoms in total. The SMILES string of the molecule is CCCONC1=NCC(C)N1. The molecule has 0 aromatic heterocycles. The van der Waals surface area contributed by atoms with Crippen LogP contribution < -0.4 is 10.8 Å². The molecule has 0 aromatic rings. The monoisotopic (exact) mass is 157 g/mol. The second-order valence-electron chi connectivity index (χ2n) is 2.69. The minimum atomic E-state index is 0.433. The Morgan fingerprint density at radius 3 is 3.18 bits per heavy atom. The van der Waals surface area contributed by atoms with E-state index in [1.165, 1.54) is 0 Å². The van der Waals surface area contributed by atoms with E-state index in [1.807, 2.05) is 0 Å². The van der Waals surface area contributed by atoms with E-state index >= 15 is 0 Å². The maximum Gasteiger partial charge on any atom is 0.216 e. The number of hydrogen-bond donors (Lipinski definition) is 2. The van der Waals surface area contributed by atoms with Gasteiger partial charge in [-0.1, -0.05) is 6.92 Å². The molecule has 0 fully saturated rings. The molecule has 0 spiro atoms. The average molecular weight is 157 g/mol. The van der Waals surface area contributed by atoms with Crippen molar-refractivity contribution in [2.45, 2.75) is 26.3 Å². The van der Waals surface area contributed by atoms with Gasteiger partial charge in [0.1, 0.15) is 0 Å². The molecule has 0 saturated heterocycles. The van der Waals surface area contributed by atoms with Gasteiger partial charge in [0, 0.05) is 6.04 Å².